The zero-order chi connectivity index (χ0) is 22.3. The van der Waals surface area contributed by atoms with Crippen molar-refractivity contribution in [2.45, 2.75) is 31.1 Å². The number of aromatic nitrogens is 1. The van der Waals surface area contributed by atoms with Crippen LogP contribution in [0.5, 0.6) is 0 Å². The number of halogens is 2. The van der Waals surface area contributed by atoms with Gasteiger partial charge in [0, 0.05) is 23.5 Å². The number of nitrogens with zero attached hydrogens (tertiary/aromatic N) is 2. The van der Waals surface area contributed by atoms with Gasteiger partial charge in [0.15, 0.2) is 0 Å². The van der Waals surface area contributed by atoms with E-state index in [0.29, 0.717) is 33.5 Å². The molecule has 3 aromatic rings. The van der Waals surface area contributed by atoms with Crippen LogP contribution in [0, 0.1) is 0 Å². The lowest BCUT2D eigenvalue weighted by Gasteiger charge is -2.24. The quantitative estimate of drug-likeness (QED) is 0.507. The maximum atomic E-state index is 13.4. The molecule has 0 bridgehead atoms. The number of anilines is 2. The molecule has 0 unspecified atom stereocenters. The molecule has 1 spiro atoms. The molecule has 0 radical (unpaired) electrons. The summed E-state index contributed by atoms with van der Waals surface area (Å²) < 4.78 is 0. The van der Waals surface area contributed by atoms with Crippen LogP contribution in [0.1, 0.15) is 52.0 Å². The summed E-state index contributed by atoms with van der Waals surface area (Å²) in [6, 6.07) is 15.9. The summed E-state index contributed by atoms with van der Waals surface area (Å²) in [6.45, 7) is 0.653. The largest absolute Gasteiger partial charge is 0.308 e. The lowest BCUT2D eigenvalue weighted by Crippen LogP contribution is -2.32. The zero-order valence-corrected chi connectivity index (χ0v) is 18.8. The molecule has 0 saturated heterocycles. The van der Waals surface area contributed by atoms with E-state index in [-0.39, 0.29) is 17.2 Å². The minimum absolute atomic E-state index is 0.109. The van der Waals surface area contributed by atoms with Gasteiger partial charge in [0.2, 0.25) is 0 Å². The Hall–Kier alpha value is -2.89. The van der Waals surface area contributed by atoms with Gasteiger partial charge < -0.3 is 10.2 Å². The van der Waals surface area contributed by atoms with Gasteiger partial charge >= 0.3 is 0 Å². The summed E-state index contributed by atoms with van der Waals surface area (Å²) in [5.41, 5.74) is 3.11. The smallest absolute Gasteiger partial charge is 0.259 e. The molecule has 5 nitrogen and oxygen atoms in total. The van der Waals surface area contributed by atoms with E-state index in [2.05, 4.69) is 10.3 Å². The first-order chi connectivity index (χ1) is 15.5. The molecule has 1 aliphatic carbocycles. The summed E-state index contributed by atoms with van der Waals surface area (Å²) in [5, 5.41) is 3.79. The average molecular weight is 466 g/mol. The highest BCUT2D eigenvalue weighted by Crippen LogP contribution is 2.56. The maximum Gasteiger partial charge on any atom is 0.259 e. The molecule has 2 aliphatic rings. The lowest BCUT2D eigenvalue weighted by molar-refractivity contribution is 0.0985. The first-order valence-corrected chi connectivity index (χ1v) is 11.4. The SMILES string of the molecule is O=C(Nc1ccc(C(=O)N2CCCC3(CC3)c3cc(Cl)ccc32)cn1)c1ccccc1Cl. The first-order valence-electron chi connectivity index (χ1n) is 10.6. The third-order valence-corrected chi connectivity index (χ3v) is 6.89. The molecule has 2 aromatic carbocycles. The van der Waals surface area contributed by atoms with E-state index in [4.69, 9.17) is 23.2 Å². The van der Waals surface area contributed by atoms with Crippen molar-refractivity contribution >= 4 is 46.5 Å². The number of pyridine rings is 1. The second kappa shape index (κ2) is 8.23. The minimum atomic E-state index is -0.352. The van der Waals surface area contributed by atoms with Crippen molar-refractivity contribution in [2.24, 2.45) is 0 Å². The van der Waals surface area contributed by atoms with Crippen LogP contribution in [0.2, 0.25) is 10.0 Å². The highest BCUT2D eigenvalue weighted by molar-refractivity contribution is 6.34. The van der Waals surface area contributed by atoms with Crippen molar-refractivity contribution in [1.82, 2.24) is 4.98 Å². The normalized spacial score (nSPS) is 16.2. The van der Waals surface area contributed by atoms with Crippen molar-refractivity contribution in [2.75, 3.05) is 16.8 Å². The molecule has 7 heteroatoms. The van der Waals surface area contributed by atoms with E-state index in [1.165, 1.54) is 11.8 Å². The highest BCUT2D eigenvalue weighted by atomic mass is 35.5. The fourth-order valence-corrected chi connectivity index (χ4v) is 4.85. The Balaban J connectivity index is 1.37. The van der Waals surface area contributed by atoms with Gasteiger partial charge in [-0.25, -0.2) is 4.98 Å². The van der Waals surface area contributed by atoms with Crippen LogP contribution in [0.15, 0.2) is 60.8 Å². The monoisotopic (exact) mass is 465 g/mol. The van der Waals surface area contributed by atoms with Crippen LogP contribution in [0.3, 0.4) is 0 Å². The molecule has 162 valence electrons. The topological polar surface area (TPSA) is 62.3 Å². The van der Waals surface area contributed by atoms with Crippen molar-refractivity contribution in [3.05, 3.63) is 87.5 Å². The second-order valence-electron chi connectivity index (χ2n) is 8.37. The van der Waals surface area contributed by atoms with Crippen molar-refractivity contribution < 1.29 is 9.59 Å². The Bertz CT molecular complexity index is 1210. The summed E-state index contributed by atoms with van der Waals surface area (Å²) >= 11 is 12.4. The number of nitrogens with one attached hydrogen (secondary N) is 1. The van der Waals surface area contributed by atoms with Gasteiger partial charge in [0.25, 0.3) is 11.8 Å². The van der Waals surface area contributed by atoms with Crippen LogP contribution in [-0.2, 0) is 5.41 Å². The number of amides is 2. The van der Waals surface area contributed by atoms with Crippen molar-refractivity contribution in [3.63, 3.8) is 0 Å². The summed E-state index contributed by atoms with van der Waals surface area (Å²) in [4.78, 5) is 31.9. The number of hydrogen-bond donors (Lipinski definition) is 1. The van der Waals surface area contributed by atoms with Gasteiger partial charge in [0.1, 0.15) is 5.82 Å². The van der Waals surface area contributed by atoms with Crippen molar-refractivity contribution in [3.8, 4) is 0 Å². The van der Waals surface area contributed by atoms with Crippen LogP contribution < -0.4 is 10.2 Å². The average Bonchev–Trinajstić information content (AvgIpc) is 3.60. The number of rotatable bonds is 3. The van der Waals surface area contributed by atoms with E-state index >= 15 is 0 Å². The molecule has 32 heavy (non-hydrogen) atoms. The predicted octanol–water partition coefficient (Wildman–Crippen LogP) is 6.11. The third kappa shape index (κ3) is 3.87. The molecule has 2 amide bonds. The third-order valence-electron chi connectivity index (χ3n) is 6.33. The Morgan fingerprint density at radius 1 is 1.00 bits per heavy atom. The molecule has 0 atom stereocenters. The van der Waals surface area contributed by atoms with E-state index in [0.717, 1.165) is 31.4 Å². The molecule has 2 heterocycles. The molecule has 1 aliphatic heterocycles. The Kier molecular flexibility index (Phi) is 5.39. The Labute approximate surface area is 196 Å². The van der Waals surface area contributed by atoms with E-state index in [9.17, 15) is 9.59 Å². The molecular weight excluding hydrogens is 445 g/mol. The molecule has 1 saturated carbocycles. The minimum Gasteiger partial charge on any atom is -0.308 e. The Morgan fingerprint density at radius 2 is 1.81 bits per heavy atom. The summed E-state index contributed by atoms with van der Waals surface area (Å²) in [7, 11) is 0. The van der Waals surface area contributed by atoms with Gasteiger partial charge in [-0.05, 0) is 79.1 Å². The molecular formula is C25H21Cl2N3O2. The number of carbonyl (C=O) groups excluding carboxylic acids is 2. The number of hydrogen-bond acceptors (Lipinski definition) is 3. The lowest BCUT2D eigenvalue weighted by atomic mass is 9.91. The fourth-order valence-electron chi connectivity index (χ4n) is 4.46. The van der Waals surface area contributed by atoms with Gasteiger partial charge in [-0.2, -0.15) is 0 Å². The number of carbonyl (C=O) groups is 2. The number of benzene rings is 2. The van der Waals surface area contributed by atoms with E-state index in [1.54, 1.807) is 36.4 Å². The molecule has 5 rings (SSSR count). The second-order valence-corrected chi connectivity index (χ2v) is 9.21. The fraction of sp³-hybridized carbons (Fsp3) is 0.240. The predicted molar refractivity (Wildman–Crippen MR) is 127 cm³/mol. The van der Waals surface area contributed by atoms with Gasteiger partial charge in [0.05, 0.1) is 16.1 Å². The maximum absolute atomic E-state index is 13.4. The van der Waals surface area contributed by atoms with Crippen LogP contribution >= 0.6 is 23.2 Å². The standard InChI is InChI=1S/C25H21Cl2N3O2/c26-17-7-8-21-19(14-17)25(11-12-25)10-3-13-30(21)24(32)16-6-9-22(28-15-16)29-23(31)18-4-1-2-5-20(18)27/h1-2,4-9,14-15H,3,10-13H2,(H,28,29,31). The van der Waals surface area contributed by atoms with Crippen LogP contribution in [-0.4, -0.2) is 23.3 Å². The van der Waals surface area contributed by atoms with Gasteiger partial charge in [-0.1, -0.05) is 35.3 Å². The first kappa shape index (κ1) is 21.0. The highest BCUT2D eigenvalue weighted by Gasteiger charge is 2.47. The molecule has 1 fully saturated rings. The molecule has 1 N–H and O–H groups in total. The van der Waals surface area contributed by atoms with Crippen molar-refractivity contribution in [1.29, 1.82) is 0 Å². The Morgan fingerprint density at radius 3 is 2.53 bits per heavy atom. The molecule has 1 aromatic heterocycles. The van der Waals surface area contributed by atoms with Crippen LogP contribution in [0.4, 0.5) is 11.5 Å². The summed E-state index contributed by atoms with van der Waals surface area (Å²) in [6.07, 6.45) is 5.79. The summed E-state index contributed by atoms with van der Waals surface area (Å²) in [5.74, 6) is -0.107. The van der Waals surface area contributed by atoms with Gasteiger partial charge in [-0.3, -0.25) is 9.59 Å². The van der Waals surface area contributed by atoms with Crippen LogP contribution in [0.25, 0.3) is 0 Å². The van der Waals surface area contributed by atoms with E-state index < -0.39 is 0 Å². The zero-order valence-electron chi connectivity index (χ0n) is 17.3. The van der Waals surface area contributed by atoms with E-state index in [1.807, 2.05) is 23.1 Å². The van der Waals surface area contributed by atoms with Gasteiger partial charge in [-0.15, -0.1) is 0 Å². The number of fused-ring (bicyclic) bond motifs is 2.